The lowest BCUT2D eigenvalue weighted by Crippen LogP contribution is -2.25. The van der Waals surface area contributed by atoms with E-state index in [0.717, 1.165) is 10.9 Å². The summed E-state index contributed by atoms with van der Waals surface area (Å²) in [5, 5.41) is 1.98. The number of rotatable bonds is 7. The van der Waals surface area contributed by atoms with Crippen LogP contribution in [0.15, 0.2) is 64.7 Å². The van der Waals surface area contributed by atoms with Gasteiger partial charge in [0, 0.05) is 29.8 Å². The number of fused-ring (bicyclic) bond motifs is 2. The van der Waals surface area contributed by atoms with E-state index in [0.29, 0.717) is 34.8 Å². The van der Waals surface area contributed by atoms with Gasteiger partial charge in [-0.1, -0.05) is 42.1 Å². The number of aromatic nitrogens is 3. The fourth-order valence-electron chi connectivity index (χ4n) is 3.15. The first kappa shape index (κ1) is 18.5. The van der Waals surface area contributed by atoms with Crippen molar-refractivity contribution in [1.82, 2.24) is 14.5 Å². The average molecular weight is 393 g/mol. The second-order valence-electron chi connectivity index (χ2n) is 6.32. The zero-order valence-corrected chi connectivity index (χ0v) is 16.2. The van der Waals surface area contributed by atoms with Crippen molar-refractivity contribution in [2.45, 2.75) is 11.7 Å². The number of benzene rings is 2. The van der Waals surface area contributed by atoms with Gasteiger partial charge < -0.3 is 9.72 Å². The zero-order chi connectivity index (χ0) is 19.5. The number of hydrogen-bond acceptors (Lipinski definition) is 5. The summed E-state index contributed by atoms with van der Waals surface area (Å²) in [6.07, 6.45) is 1.74. The number of ketones is 1. The molecule has 0 saturated carbocycles. The molecule has 0 amide bonds. The summed E-state index contributed by atoms with van der Waals surface area (Å²) in [7, 11) is 1.59. The highest BCUT2D eigenvalue weighted by atomic mass is 32.2. The van der Waals surface area contributed by atoms with Gasteiger partial charge in [-0.25, -0.2) is 4.98 Å². The molecule has 2 aromatic carbocycles. The third-order valence-corrected chi connectivity index (χ3v) is 5.54. The predicted octanol–water partition coefficient (Wildman–Crippen LogP) is 3.50. The first-order valence-corrected chi connectivity index (χ1v) is 9.88. The van der Waals surface area contributed by atoms with Crippen molar-refractivity contribution < 1.29 is 9.53 Å². The largest absolute Gasteiger partial charge is 0.383 e. The summed E-state index contributed by atoms with van der Waals surface area (Å²) in [4.78, 5) is 33.4. The number of H-pyrrole nitrogens is 1. The van der Waals surface area contributed by atoms with Crippen molar-refractivity contribution in [1.29, 1.82) is 0 Å². The number of hydrogen-bond donors (Lipinski definition) is 1. The summed E-state index contributed by atoms with van der Waals surface area (Å²) in [5.41, 5.74) is 2.08. The first-order chi connectivity index (χ1) is 13.7. The average Bonchev–Trinajstić information content (AvgIpc) is 3.16. The molecule has 0 spiro atoms. The Kier molecular flexibility index (Phi) is 5.27. The Morgan fingerprint density at radius 2 is 1.89 bits per heavy atom. The molecule has 0 fully saturated rings. The molecule has 2 aromatic heterocycles. The van der Waals surface area contributed by atoms with Crippen LogP contribution in [0.5, 0.6) is 0 Å². The molecule has 0 saturated heterocycles. The fraction of sp³-hybridized carbons (Fsp3) is 0.190. The van der Waals surface area contributed by atoms with E-state index in [-0.39, 0.29) is 17.1 Å². The number of ether oxygens (including phenoxy) is 1. The molecule has 28 heavy (non-hydrogen) atoms. The monoisotopic (exact) mass is 393 g/mol. The van der Waals surface area contributed by atoms with Gasteiger partial charge in [-0.05, 0) is 18.2 Å². The van der Waals surface area contributed by atoms with E-state index in [9.17, 15) is 9.59 Å². The zero-order valence-electron chi connectivity index (χ0n) is 15.3. The van der Waals surface area contributed by atoms with Crippen LogP contribution < -0.4 is 5.56 Å². The van der Waals surface area contributed by atoms with Gasteiger partial charge in [0.15, 0.2) is 10.9 Å². The molecular weight excluding hydrogens is 374 g/mol. The van der Waals surface area contributed by atoms with Crippen LogP contribution in [0, 0.1) is 0 Å². The molecule has 6 nitrogen and oxygen atoms in total. The van der Waals surface area contributed by atoms with Gasteiger partial charge in [0.25, 0.3) is 5.56 Å². The molecule has 4 aromatic rings. The smallest absolute Gasteiger partial charge is 0.262 e. The summed E-state index contributed by atoms with van der Waals surface area (Å²) < 4.78 is 6.72. The number of nitrogens with one attached hydrogen (secondary N) is 1. The Labute approximate surface area is 165 Å². The molecular formula is C21H19N3O3S. The van der Waals surface area contributed by atoms with E-state index in [1.165, 1.54) is 11.8 Å². The van der Waals surface area contributed by atoms with Crippen molar-refractivity contribution >= 4 is 39.4 Å². The molecule has 0 radical (unpaired) electrons. The van der Waals surface area contributed by atoms with Gasteiger partial charge in [-0.2, -0.15) is 0 Å². The lowest BCUT2D eigenvalue weighted by molar-refractivity contribution is 0.102. The topological polar surface area (TPSA) is 77.0 Å². The SMILES string of the molecule is COCCn1c(SCC(=O)c2c[nH]c3ccccc23)nc2ccccc2c1=O. The maximum Gasteiger partial charge on any atom is 0.262 e. The highest BCUT2D eigenvalue weighted by Crippen LogP contribution is 2.23. The third kappa shape index (κ3) is 3.46. The van der Waals surface area contributed by atoms with E-state index >= 15 is 0 Å². The van der Waals surface area contributed by atoms with E-state index in [1.54, 1.807) is 23.9 Å². The van der Waals surface area contributed by atoms with Crippen molar-refractivity contribution in [3.8, 4) is 0 Å². The van der Waals surface area contributed by atoms with E-state index < -0.39 is 0 Å². The molecule has 0 atom stereocenters. The predicted molar refractivity (Wildman–Crippen MR) is 111 cm³/mol. The van der Waals surface area contributed by atoms with Crippen LogP contribution in [0.25, 0.3) is 21.8 Å². The van der Waals surface area contributed by atoms with Crippen LogP contribution in [0.2, 0.25) is 0 Å². The highest BCUT2D eigenvalue weighted by molar-refractivity contribution is 7.99. The van der Waals surface area contributed by atoms with Crippen molar-refractivity contribution in [3.63, 3.8) is 0 Å². The second kappa shape index (κ2) is 8.00. The molecule has 0 bridgehead atoms. The Morgan fingerprint density at radius 1 is 1.14 bits per heavy atom. The maximum absolute atomic E-state index is 12.9. The minimum absolute atomic E-state index is 0.0110. The van der Waals surface area contributed by atoms with Gasteiger partial charge in [0.1, 0.15) is 0 Å². The summed E-state index contributed by atoms with van der Waals surface area (Å²) >= 11 is 1.27. The van der Waals surface area contributed by atoms with Crippen molar-refractivity contribution in [2.24, 2.45) is 0 Å². The minimum atomic E-state index is -0.121. The molecule has 1 N–H and O–H groups in total. The van der Waals surface area contributed by atoms with Crippen LogP contribution in [0.4, 0.5) is 0 Å². The van der Waals surface area contributed by atoms with Gasteiger partial charge in [-0.3, -0.25) is 14.2 Å². The van der Waals surface area contributed by atoms with E-state index in [1.807, 2.05) is 42.5 Å². The number of methoxy groups -OCH3 is 1. The second-order valence-corrected chi connectivity index (χ2v) is 7.26. The number of carbonyl (C=O) groups excluding carboxylic acids is 1. The van der Waals surface area contributed by atoms with Gasteiger partial charge in [0.2, 0.25) is 0 Å². The Balaban J connectivity index is 1.65. The molecule has 0 aliphatic carbocycles. The molecule has 0 aliphatic heterocycles. The molecule has 4 rings (SSSR count). The highest BCUT2D eigenvalue weighted by Gasteiger charge is 2.16. The minimum Gasteiger partial charge on any atom is -0.383 e. The van der Waals surface area contributed by atoms with Crippen LogP contribution in [-0.2, 0) is 11.3 Å². The number of para-hydroxylation sites is 2. The Hall–Kier alpha value is -2.90. The quantitative estimate of drug-likeness (QED) is 0.295. The van der Waals surface area contributed by atoms with Gasteiger partial charge in [0.05, 0.1) is 29.8 Å². The lowest BCUT2D eigenvalue weighted by Gasteiger charge is -2.12. The van der Waals surface area contributed by atoms with Crippen molar-refractivity contribution in [3.05, 3.63) is 70.6 Å². The fourth-order valence-corrected chi connectivity index (χ4v) is 4.06. The number of thioether (sulfide) groups is 1. The Morgan fingerprint density at radius 3 is 2.71 bits per heavy atom. The maximum atomic E-state index is 12.9. The standard InChI is InChI=1S/C21H19N3O3S/c1-27-11-10-24-20(26)15-7-3-5-9-18(15)23-21(24)28-13-19(25)16-12-22-17-8-4-2-6-14(16)17/h2-9,12,22H,10-11,13H2,1H3. The molecule has 7 heteroatoms. The normalized spacial score (nSPS) is 11.3. The van der Waals surface area contributed by atoms with Crippen LogP contribution in [0.3, 0.4) is 0 Å². The Bertz CT molecular complexity index is 1210. The number of nitrogens with zero attached hydrogens (tertiary/aromatic N) is 2. The lowest BCUT2D eigenvalue weighted by atomic mass is 10.1. The van der Waals surface area contributed by atoms with Crippen molar-refractivity contribution in [2.75, 3.05) is 19.5 Å². The summed E-state index contributed by atoms with van der Waals surface area (Å²) in [6.45, 7) is 0.778. The number of Topliss-reactive ketones (excluding diaryl/α,β-unsaturated/α-hetero) is 1. The van der Waals surface area contributed by atoms with Gasteiger partial charge >= 0.3 is 0 Å². The number of aromatic amines is 1. The molecule has 2 heterocycles. The van der Waals surface area contributed by atoms with E-state index in [4.69, 9.17) is 4.74 Å². The van der Waals surface area contributed by atoms with Crippen LogP contribution in [-0.4, -0.2) is 39.8 Å². The molecule has 142 valence electrons. The van der Waals surface area contributed by atoms with Crippen LogP contribution >= 0.6 is 11.8 Å². The van der Waals surface area contributed by atoms with Crippen LogP contribution in [0.1, 0.15) is 10.4 Å². The summed E-state index contributed by atoms with van der Waals surface area (Å²) in [5.74, 6) is 0.183. The third-order valence-electron chi connectivity index (χ3n) is 4.57. The summed E-state index contributed by atoms with van der Waals surface area (Å²) in [6, 6.07) is 14.9. The van der Waals surface area contributed by atoms with Gasteiger partial charge in [-0.15, -0.1) is 0 Å². The number of carbonyl (C=O) groups is 1. The molecule has 0 aliphatic rings. The molecule has 0 unspecified atom stereocenters. The van der Waals surface area contributed by atoms with E-state index in [2.05, 4.69) is 9.97 Å². The first-order valence-electron chi connectivity index (χ1n) is 8.89.